The summed E-state index contributed by atoms with van der Waals surface area (Å²) in [6.45, 7) is 0. The number of nitrogens with zero attached hydrogens (tertiary/aromatic N) is 3. The van der Waals surface area contributed by atoms with Crippen LogP contribution in [-0.2, 0) is 0 Å². The van der Waals surface area contributed by atoms with Gasteiger partial charge in [-0.3, -0.25) is 4.98 Å². The lowest BCUT2D eigenvalue weighted by Gasteiger charge is -2.02. The van der Waals surface area contributed by atoms with E-state index >= 15 is 0 Å². The molecule has 0 aliphatic rings. The number of anilines is 1. The fourth-order valence-electron chi connectivity index (χ4n) is 1.66. The zero-order valence-electron chi connectivity index (χ0n) is 8.38. The Balaban J connectivity index is 2.34. The number of nitrogen functional groups attached to an aromatic ring is 1. The smallest absolute Gasteiger partial charge is 0.222 e. The highest BCUT2D eigenvalue weighted by Crippen LogP contribution is 2.23. The predicted molar refractivity (Wildman–Crippen MR) is 61.5 cm³/mol. The second kappa shape index (κ2) is 3.30. The largest absolute Gasteiger partial charge is 0.368 e. The van der Waals surface area contributed by atoms with Crippen LogP contribution in [0.4, 0.5) is 5.95 Å². The topological polar surface area (TPSA) is 80.5 Å². The minimum atomic E-state index is 0.246. The van der Waals surface area contributed by atoms with Gasteiger partial charge in [0.2, 0.25) is 5.95 Å². The van der Waals surface area contributed by atoms with E-state index in [-0.39, 0.29) is 5.95 Å². The van der Waals surface area contributed by atoms with Crippen molar-refractivity contribution in [1.29, 1.82) is 0 Å². The third-order valence-electron chi connectivity index (χ3n) is 2.34. The molecule has 0 fully saturated rings. The lowest BCUT2D eigenvalue weighted by molar-refractivity contribution is 1.20. The Hall–Kier alpha value is -2.43. The highest BCUT2D eigenvalue weighted by Gasteiger charge is 2.09. The van der Waals surface area contributed by atoms with Crippen molar-refractivity contribution in [3.63, 3.8) is 0 Å². The number of H-pyrrole nitrogens is 1. The quantitative estimate of drug-likeness (QED) is 0.640. The number of rotatable bonds is 1. The molecule has 0 aliphatic heterocycles. The fraction of sp³-hybridized carbons (Fsp3) is 0. The van der Waals surface area contributed by atoms with Crippen molar-refractivity contribution in [2.24, 2.45) is 0 Å². The molecule has 3 heterocycles. The maximum absolute atomic E-state index is 5.65. The summed E-state index contributed by atoms with van der Waals surface area (Å²) in [6, 6.07) is 7.59. The van der Waals surface area contributed by atoms with Crippen LogP contribution in [0, 0.1) is 0 Å². The normalized spacial score (nSPS) is 10.8. The van der Waals surface area contributed by atoms with Gasteiger partial charge in [0, 0.05) is 17.8 Å². The molecule has 0 aliphatic carbocycles. The number of aromatic nitrogens is 4. The van der Waals surface area contributed by atoms with E-state index in [1.807, 2.05) is 30.5 Å². The maximum atomic E-state index is 5.65. The lowest BCUT2D eigenvalue weighted by atomic mass is 10.2. The SMILES string of the molecule is Nc1nc(-c2ccccn2)c2cc[nH]c2n1. The highest BCUT2D eigenvalue weighted by molar-refractivity contribution is 5.90. The molecule has 3 aromatic rings. The van der Waals surface area contributed by atoms with Gasteiger partial charge in [-0.25, -0.2) is 4.98 Å². The summed E-state index contributed by atoms with van der Waals surface area (Å²) in [5.74, 6) is 0.246. The molecule has 0 saturated heterocycles. The summed E-state index contributed by atoms with van der Waals surface area (Å²) in [6.07, 6.45) is 3.54. The number of nitrogens with two attached hydrogens (primary N) is 1. The molecule has 5 nitrogen and oxygen atoms in total. The minimum absolute atomic E-state index is 0.246. The number of hydrogen-bond donors (Lipinski definition) is 2. The first kappa shape index (κ1) is 8.84. The number of pyridine rings is 1. The van der Waals surface area contributed by atoms with Crippen LogP contribution in [0.15, 0.2) is 36.7 Å². The van der Waals surface area contributed by atoms with Crippen LogP contribution in [0.3, 0.4) is 0 Å². The summed E-state index contributed by atoms with van der Waals surface area (Å²) in [5.41, 5.74) is 7.93. The molecular formula is C11H9N5. The molecular weight excluding hydrogens is 202 g/mol. The Kier molecular flexibility index (Phi) is 1.83. The van der Waals surface area contributed by atoms with Crippen molar-refractivity contribution < 1.29 is 0 Å². The van der Waals surface area contributed by atoms with Crippen LogP contribution < -0.4 is 5.73 Å². The van der Waals surface area contributed by atoms with Gasteiger partial charge in [0.25, 0.3) is 0 Å². The van der Waals surface area contributed by atoms with E-state index < -0.39 is 0 Å². The van der Waals surface area contributed by atoms with Crippen LogP contribution in [0.5, 0.6) is 0 Å². The van der Waals surface area contributed by atoms with Crippen LogP contribution in [0.2, 0.25) is 0 Å². The van der Waals surface area contributed by atoms with Crippen LogP contribution in [0.25, 0.3) is 22.4 Å². The summed E-state index contributed by atoms with van der Waals surface area (Å²) >= 11 is 0. The Morgan fingerprint density at radius 2 is 2.06 bits per heavy atom. The molecule has 0 amide bonds. The molecule has 78 valence electrons. The van der Waals surface area contributed by atoms with Gasteiger partial charge < -0.3 is 10.7 Å². The maximum Gasteiger partial charge on any atom is 0.222 e. The van der Waals surface area contributed by atoms with Gasteiger partial charge in [0.15, 0.2) is 0 Å². The molecule has 0 unspecified atom stereocenters. The van der Waals surface area contributed by atoms with E-state index in [1.54, 1.807) is 6.20 Å². The van der Waals surface area contributed by atoms with Crippen molar-refractivity contribution in [2.75, 3.05) is 5.73 Å². The molecule has 0 spiro atoms. The zero-order chi connectivity index (χ0) is 11.0. The van der Waals surface area contributed by atoms with Crippen molar-refractivity contribution >= 4 is 17.0 Å². The summed E-state index contributed by atoms with van der Waals surface area (Å²) < 4.78 is 0. The van der Waals surface area contributed by atoms with Crippen molar-refractivity contribution in [3.8, 4) is 11.4 Å². The molecule has 3 aromatic heterocycles. The molecule has 16 heavy (non-hydrogen) atoms. The summed E-state index contributed by atoms with van der Waals surface area (Å²) in [4.78, 5) is 15.6. The second-order valence-electron chi connectivity index (χ2n) is 3.39. The second-order valence-corrected chi connectivity index (χ2v) is 3.39. The van der Waals surface area contributed by atoms with E-state index in [9.17, 15) is 0 Å². The van der Waals surface area contributed by atoms with E-state index in [1.165, 1.54) is 0 Å². The van der Waals surface area contributed by atoms with Gasteiger partial charge in [-0.1, -0.05) is 6.07 Å². The van der Waals surface area contributed by atoms with Gasteiger partial charge in [-0.05, 0) is 18.2 Å². The fourth-order valence-corrected chi connectivity index (χ4v) is 1.66. The van der Waals surface area contributed by atoms with Gasteiger partial charge >= 0.3 is 0 Å². The molecule has 5 heteroatoms. The highest BCUT2D eigenvalue weighted by atomic mass is 15.0. The van der Waals surface area contributed by atoms with E-state index in [4.69, 9.17) is 5.73 Å². The molecule has 3 rings (SSSR count). The van der Waals surface area contributed by atoms with Gasteiger partial charge in [0.1, 0.15) is 11.3 Å². The third kappa shape index (κ3) is 1.30. The average molecular weight is 211 g/mol. The van der Waals surface area contributed by atoms with E-state index in [2.05, 4.69) is 19.9 Å². The number of hydrogen-bond acceptors (Lipinski definition) is 4. The van der Waals surface area contributed by atoms with Crippen LogP contribution >= 0.6 is 0 Å². The van der Waals surface area contributed by atoms with Gasteiger partial charge in [0.05, 0.1) is 5.69 Å². The van der Waals surface area contributed by atoms with Crippen LogP contribution in [-0.4, -0.2) is 19.9 Å². The number of aromatic amines is 1. The molecule has 3 N–H and O–H groups in total. The average Bonchev–Trinajstić information content (AvgIpc) is 2.77. The minimum Gasteiger partial charge on any atom is -0.368 e. The number of nitrogens with one attached hydrogen (secondary N) is 1. The van der Waals surface area contributed by atoms with Crippen molar-refractivity contribution in [3.05, 3.63) is 36.7 Å². The van der Waals surface area contributed by atoms with Gasteiger partial charge in [-0.15, -0.1) is 0 Å². The Bertz CT molecular complexity index is 629. The van der Waals surface area contributed by atoms with E-state index in [0.29, 0.717) is 0 Å². The standard InChI is InChI=1S/C11H9N5/c12-11-15-9(8-3-1-2-5-13-8)7-4-6-14-10(7)16-11/h1-6H,(H3,12,14,15,16). The first-order chi connectivity index (χ1) is 7.84. The first-order valence-electron chi connectivity index (χ1n) is 4.86. The Morgan fingerprint density at radius 1 is 1.12 bits per heavy atom. The molecule has 0 saturated carbocycles. The zero-order valence-corrected chi connectivity index (χ0v) is 8.38. The molecule has 0 aromatic carbocycles. The summed E-state index contributed by atoms with van der Waals surface area (Å²) in [7, 11) is 0. The molecule has 0 atom stereocenters. The monoisotopic (exact) mass is 211 g/mol. The van der Waals surface area contributed by atoms with Crippen LogP contribution in [0.1, 0.15) is 0 Å². The summed E-state index contributed by atoms with van der Waals surface area (Å²) in [5, 5.41) is 0.924. The van der Waals surface area contributed by atoms with Gasteiger partial charge in [-0.2, -0.15) is 4.98 Å². The molecule has 0 bridgehead atoms. The first-order valence-corrected chi connectivity index (χ1v) is 4.86. The Morgan fingerprint density at radius 3 is 2.88 bits per heavy atom. The predicted octanol–water partition coefficient (Wildman–Crippen LogP) is 1.60. The van der Waals surface area contributed by atoms with Crippen molar-refractivity contribution in [1.82, 2.24) is 19.9 Å². The lowest BCUT2D eigenvalue weighted by Crippen LogP contribution is -1.98. The Labute approximate surface area is 91.4 Å². The third-order valence-corrected chi connectivity index (χ3v) is 2.34. The van der Waals surface area contributed by atoms with Crippen molar-refractivity contribution in [2.45, 2.75) is 0 Å². The number of fused-ring (bicyclic) bond motifs is 1. The van der Waals surface area contributed by atoms with E-state index in [0.717, 1.165) is 22.4 Å². The molecule has 0 radical (unpaired) electrons.